The predicted molar refractivity (Wildman–Crippen MR) is 98.1 cm³/mol. The minimum Gasteiger partial charge on any atom is -0.493 e. The van der Waals surface area contributed by atoms with Gasteiger partial charge in [-0.15, -0.1) is 0 Å². The number of benzene rings is 2. The van der Waals surface area contributed by atoms with E-state index in [0.29, 0.717) is 13.2 Å². The van der Waals surface area contributed by atoms with Gasteiger partial charge >= 0.3 is 0 Å². The molecule has 128 valence electrons. The molecule has 0 fully saturated rings. The van der Waals surface area contributed by atoms with Crippen LogP contribution in [-0.2, 0) is 6.42 Å². The summed E-state index contributed by atoms with van der Waals surface area (Å²) in [5.74, 6) is 1.57. The van der Waals surface area contributed by atoms with Gasteiger partial charge in [-0.2, -0.15) is 0 Å². The number of ether oxygens (including phenoxy) is 2. The molecular formula is C20H26N2O2. The molecule has 0 spiro atoms. The van der Waals surface area contributed by atoms with Gasteiger partial charge in [-0.1, -0.05) is 30.3 Å². The number of aryl methyl sites for hydroxylation is 1. The Labute approximate surface area is 144 Å². The maximum absolute atomic E-state index is 6.21. The summed E-state index contributed by atoms with van der Waals surface area (Å²) < 4.78 is 11.4. The maximum Gasteiger partial charge on any atom is 0.166 e. The first-order chi connectivity index (χ1) is 11.8. The van der Waals surface area contributed by atoms with E-state index in [9.17, 15) is 0 Å². The number of methoxy groups -OCH3 is 1. The zero-order valence-corrected chi connectivity index (χ0v) is 14.5. The summed E-state index contributed by atoms with van der Waals surface area (Å²) in [4.78, 5) is 2.41. The highest BCUT2D eigenvalue weighted by Gasteiger charge is 2.27. The van der Waals surface area contributed by atoms with Crippen molar-refractivity contribution in [3.05, 3.63) is 53.6 Å². The molecule has 3 rings (SSSR count). The van der Waals surface area contributed by atoms with Crippen LogP contribution in [0, 0.1) is 0 Å². The molecular weight excluding hydrogens is 300 g/mol. The van der Waals surface area contributed by atoms with E-state index in [4.69, 9.17) is 15.2 Å². The van der Waals surface area contributed by atoms with Crippen molar-refractivity contribution in [1.82, 2.24) is 0 Å². The van der Waals surface area contributed by atoms with E-state index < -0.39 is 0 Å². The SMILES string of the molecule is CCOc1c(OC)cccc1C(CN)N1CCCc2ccccc21. The van der Waals surface area contributed by atoms with Crippen molar-refractivity contribution in [2.75, 3.05) is 31.7 Å². The second-order valence-corrected chi connectivity index (χ2v) is 5.99. The van der Waals surface area contributed by atoms with Crippen LogP contribution in [0.5, 0.6) is 11.5 Å². The number of anilines is 1. The molecule has 0 amide bonds. The summed E-state index contributed by atoms with van der Waals surface area (Å²) >= 11 is 0. The lowest BCUT2D eigenvalue weighted by Gasteiger charge is -2.38. The van der Waals surface area contributed by atoms with E-state index in [2.05, 4.69) is 35.2 Å². The normalized spacial score (nSPS) is 14.9. The third-order valence-corrected chi connectivity index (χ3v) is 4.62. The zero-order valence-electron chi connectivity index (χ0n) is 14.5. The van der Waals surface area contributed by atoms with Gasteiger partial charge in [0.25, 0.3) is 0 Å². The van der Waals surface area contributed by atoms with E-state index in [1.54, 1.807) is 7.11 Å². The summed E-state index contributed by atoms with van der Waals surface area (Å²) in [6, 6.07) is 14.7. The average Bonchev–Trinajstić information content (AvgIpc) is 2.64. The fraction of sp³-hybridized carbons (Fsp3) is 0.400. The minimum absolute atomic E-state index is 0.0723. The number of hydrogen-bond acceptors (Lipinski definition) is 4. The molecule has 1 unspecified atom stereocenters. The Morgan fingerprint density at radius 3 is 2.75 bits per heavy atom. The molecule has 0 aromatic heterocycles. The lowest BCUT2D eigenvalue weighted by molar-refractivity contribution is 0.305. The van der Waals surface area contributed by atoms with Gasteiger partial charge in [0.1, 0.15) is 0 Å². The van der Waals surface area contributed by atoms with Gasteiger partial charge in [0.05, 0.1) is 19.8 Å². The molecule has 0 aliphatic carbocycles. The van der Waals surface area contributed by atoms with Crippen LogP contribution < -0.4 is 20.1 Å². The standard InChI is InChI=1S/C20H26N2O2/c1-3-24-20-16(10-6-12-19(20)23-2)18(14-21)22-13-7-9-15-8-4-5-11-17(15)22/h4-6,8,10-12,18H,3,7,9,13-14,21H2,1-2H3. The Morgan fingerprint density at radius 1 is 1.17 bits per heavy atom. The number of fused-ring (bicyclic) bond motifs is 1. The number of nitrogens with zero attached hydrogens (tertiary/aromatic N) is 1. The molecule has 1 aliphatic heterocycles. The Kier molecular flexibility index (Phi) is 5.26. The summed E-state index contributed by atoms with van der Waals surface area (Å²) in [5, 5.41) is 0. The Hall–Kier alpha value is -2.20. The van der Waals surface area contributed by atoms with Crippen molar-refractivity contribution in [3.63, 3.8) is 0 Å². The van der Waals surface area contributed by atoms with Crippen LogP contribution in [0.4, 0.5) is 5.69 Å². The molecule has 1 atom stereocenters. The van der Waals surface area contributed by atoms with E-state index in [-0.39, 0.29) is 6.04 Å². The highest BCUT2D eigenvalue weighted by molar-refractivity contribution is 5.59. The second-order valence-electron chi connectivity index (χ2n) is 5.99. The highest BCUT2D eigenvalue weighted by atomic mass is 16.5. The second kappa shape index (κ2) is 7.58. The van der Waals surface area contributed by atoms with Crippen molar-refractivity contribution in [1.29, 1.82) is 0 Å². The van der Waals surface area contributed by atoms with Crippen molar-refractivity contribution < 1.29 is 9.47 Å². The fourth-order valence-corrected chi connectivity index (χ4v) is 3.56. The molecule has 0 saturated heterocycles. The smallest absolute Gasteiger partial charge is 0.166 e. The number of hydrogen-bond donors (Lipinski definition) is 1. The van der Waals surface area contributed by atoms with Crippen molar-refractivity contribution in [2.45, 2.75) is 25.8 Å². The van der Waals surface area contributed by atoms with Crippen LogP contribution in [0.1, 0.15) is 30.5 Å². The molecule has 4 nitrogen and oxygen atoms in total. The van der Waals surface area contributed by atoms with Crippen LogP contribution in [-0.4, -0.2) is 26.8 Å². The van der Waals surface area contributed by atoms with Gasteiger partial charge in [0.2, 0.25) is 0 Å². The third-order valence-electron chi connectivity index (χ3n) is 4.62. The fourth-order valence-electron chi connectivity index (χ4n) is 3.56. The molecule has 4 heteroatoms. The number of para-hydroxylation sites is 2. The van der Waals surface area contributed by atoms with E-state index in [0.717, 1.165) is 36.4 Å². The lowest BCUT2D eigenvalue weighted by Crippen LogP contribution is -2.37. The third kappa shape index (κ3) is 3.06. The van der Waals surface area contributed by atoms with Crippen LogP contribution in [0.25, 0.3) is 0 Å². The molecule has 2 N–H and O–H groups in total. The maximum atomic E-state index is 6.21. The largest absolute Gasteiger partial charge is 0.493 e. The summed E-state index contributed by atoms with van der Waals surface area (Å²) in [6.45, 7) is 4.12. The number of nitrogens with two attached hydrogens (primary N) is 1. The Bertz CT molecular complexity index is 687. The first kappa shape index (κ1) is 16.7. The minimum atomic E-state index is 0.0723. The molecule has 2 aromatic rings. The molecule has 1 aliphatic rings. The van der Waals surface area contributed by atoms with E-state index >= 15 is 0 Å². The van der Waals surface area contributed by atoms with Gasteiger partial charge in [-0.25, -0.2) is 0 Å². The Morgan fingerprint density at radius 2 is 2.00 bits per heavy atom. The summed E-state index contributed by atoms with van der Waals surface area (Å²) in [7, 11) is 1.68. The van der Waals surface area contributed by atoms with E-state index in [1.807, 2.05) is 19.1 Å². The van der Waals surface area contributed by atoms with Gasteiger partial charge in [0, 0.05) is 24.3 Å². The summed E-state index contributed by atoms with van der Waals surface area (Å²) in [5.41, 5.74) is 9.98. The van der Waals surface area contributed by atoms with Crippen LogP contribution in [0.2, 0.25) is 0 Å². The zero-order chi connectivity index (χ0) is 16.9. The summed E-state index contributed by atoms with van der Waals surface area (Å²) in [6.07, 6.45) is 2.27. The van der Waals surface area contributed by atoms with Crippen LogP contribution in [0.15, 0.2) is 42.5 Å². The molecule has 1 heterocycles. The first-order valence-electron chi connectivity index (χ1n) is 8.64. The van der Waals surface area contributed by atoms with Crippen LogP contribution >= 0.6 is 0 Å². The molecule has 0 bridgehead atoms. The average molecular weight is 326 g/mol. The molecule has 0 radical (unpaired) electrons. The van der Waals surface area contributed by atoms with E-state index in [1.165, 1.54) is 11.3 Å². The topological polar surface area (TPSA) is 47.7 Å². The van der Waals surface area contributed by atoms with Gasteiger partial charge < -0.3 is 20.1 Å². The van der Waals surface area contributed by atoms with Crippen molar-refractivity contribution >= 4 is 5.69 Å². The molecule has 0 saturated carbocycles. The lowest BCUT2D eigenvalue weighted by atomic mass is 9.96. The van der Waals surface area contributed by atoms with Crippen LogP contribution in [0.3, 0.4) is 0 Å². The highest BCUT2D eigenvalue weighted by Crippen LogP contribution is 2.40. The van der Waals surface area contributed by atoms with Gasteiger partial charge in [-0.05, 0) is 37.5 Å². The van der Waals surface area contributed by atoms with Gasteiger partial charge in [0.15, 0.2) is 11.5 Å². The predicted octanol–water partition coefficient (Wildman–Crippen LogP) is 3.55. The quantitative estimate of drug-likeness (QED) is 0.882. The molecule has 2 aromatic carbocycles. The Balaban J connectivity index is 2.04. The molecule has 24 heavy (non-hydrogen) atoms. The first-order valence-corrected chi connectivity index (χ1v) is 8.64. The monoisotopic (exact) mass is 326 g/mol. The van der Waals surface area contributed by atoms with Crippen molar-refractivity contribution in [3.8, 4) is 11.5 Å². The van der Waals surface area contributed by atoms with Crippen molar-refractivity contribution in [2.24, 2.45) is 5.73 Å². The van der Waals surface area contributed by atoms with Gasteiger partial charge in [-0.3, -0.25) is 0 Å². The number of rotatable bonds is 6.